The lowest BCUT2D eigenvalue weighted by Gasteiger charge is -2.13. The number of phenolic OH excluding ortho intramolecular Hbond substituents is 4. The van der Waals surface area contributed by atoms with Crippen LogP contribution in [-0.2, 0) is 26.1 Å². The second-order valence-corrected chi connectivity index (χ2v) is 37.7. The Balaban J connectivity index is 0.000000156. The average Bonchev–Trinajstić information content (AvgIpc) is 1.63. The number of aryl methyl sites for hydroxylation is 13. The van der Waals surface area contributed by atoms with Gasteiger partial charge in [-0.1, -0.05) is 153 Å². The number of ether oxygens (including phenoxy) is 4. The van der Waals surface area contributed by atoms with Gasteiger partial charge < -0.3 is 55.3 Å². The molecule has 19 heteroatoms. The summed E-state index contributed by atoms with van der Waals surface area (Å²) in [6, 6.07) is 68.1. The number of nitrogens with one attached hydrogen (secondary N) is 1. The number of carbonyl (C=O) groups excluding carboxylic acids is 4. The van der Waals surface area contributed by atoms with Crippen LogP contribution in [0.5, 0.6) is 69.0 Å². The standard InChI is InChI=1S/C31H34O3S.C27H27NO3S.C26H25NO3S.C25H23NO3S.CH4/c1-6-19(2)8-7-9-23-10-13-25(14-11-23)34-30-26-15-12-24(32)18-27(26)35-31(30)29(33)28-21(4)16-20(3)17-22(28)5;1-16-12-17(2)24(18(3)13-16)25(30)27-26(22-11-8-20(29)14-23(22)32-27)31-21-9-6-19(7-10-21)15-28(4)5;1-15-11-16(2)23(17(3)12-15)24(29)26-25(21-10-7-19(28)13-22(21)31-26)30-20-8-5-18(6-9-20)14-27-4;1-14-10-15(2)22(16(3)11-14)23(28)25-24(20-9-6-18(27)12-21(20)30-25)29-19-7-4-17(13-26)5-8-19;/h10-19,32H,6-9H2,1-5H3;6-14,29H,15H2,1-5H3;5-13,27-28H,14H2,1-4H3;4-12,27H,13,26H2,1-3H3;1H4. The van der Waals surface area contributed by atoms with Gasteiger partial charge in [-0.25, -0.2) is 0 Å². The van der Waals surface area contributed by atoms with Gasteiger partial charge in [-0.05, 0) is 311 Å². The Labute approximate surface area is 772 Å². The minimum absolute atomic E-state index is 0. The lowest BCUT2D eigenvalue weighted by Crippen LogP contribution is -2.10. The maximum atomic E-state index is 13.8. The molecule has 16 aromatic rings. The fourth-order valence-corrected chi connectivity index (χ4v) is 20.9. The van der Waals surface area contributed by atoms with Crippen LogP contribution in [0.2, 0.25) is 0 Å². The van der Waals surface area contributed by atoms with E-state index in [0.717, 1.165) is 144 Å². The van der Waals surface area contributed by atoms with Gasteiger partial charge in [0.2, 0.25) is 23.1 Å². The molecule has 1 unspecified atom stereocenters. The number of rotatable bonds is 26. The number of carbonyl (C=O) groups is 4. The van der Waals surface area contributed by atoms with Crippen molar-refractivity contribution >= 4 is 109 Å². The number of ketones is 4. The highest BCUT2D eigenvalue weighted by molar-refractivity contribution is 7.22. The predicted molar refractivity (Wildman–Crippen MR) is 534 cm³/mol. The summed E-state index contributed by atoms with van der Waals surface area (Å²) in [6.45, 7) is 30.5. The third-order valence-electron chi connectivity index (χ3n) is 22.5. The molecule has 15 nitrogen and oxygen atoms in total. The molecule has 12 aromatic carbocycles. The van der Waals surface area contributed by atoms with E-state index in [1.807, 2.05) is 250 Å². The number of nitrogens with zero attached hydrogens (tertiary/aromatic N) is 1. The second kappa shape index (κ2) is 42.1. The Hall–Kier alpha value is -12.6. The molecule has 0 bridgehead atoms. The fourth-order valence-electron chi connectivity index (χ4n) is 16.5. The lowest BCUT2D eigenvalue weighted by molar-refractivity contribution is 0.103. The van der Waals surface area contributed by atoms with Gasteiger partial charge in [0, 0.05) is 82.2 Å². The van der Waals surface area contributed by atoms with Crippen molar-refractivity contribution in [3.63, 3.8) is 0 Å². The molecule has 0 aliphatic rings. The summed E-state index contributed by atoms with van der Waals surface area (Å²) in [5.41, 5.74) is 25.3. The van der Waals surface area contributed by atoms with E-state index in [0.29, 0.717) is 94.3 Å². The van der Waals surface area contributed by atoms with Gasteiger partial charge in [-0.2, -0.15) is 0 Å². The minimum atomic E-state index is -0.0701. The average molecular weight is 1800 g/mol. The summed E-state index contributed by atoms with van der Waals surface area (Å²) < 4.78 is 28.4. The first-order valence-corrected chi connectivity index (χ1v) is 46.1. The van der Waals surface area contributed by atoms with Crippen LogP contribution in [0.3, 0.4) is 0 Å². The number of benzene rings is 12. The summed E-state index contributed by atoms with van der Waals surface area (Å²) in [6.07, 6.45) is 4.70. The highest BCUT2D eigenvalue weighted by Crippen LogP contribution is 2.49. The fraction of sp³-hybridized carbons (Fsp3) is 0.236. The molecule has 129 heavy (non-hydrogen) atoms. The number of phenols is 4. The Morgan fingerprint density at radius 1 is 0.364 bits per heavy atom. The molecule has 7 N–H and O–H groups in total. The van der Waals surface area contributed by atoms with Gasteiger partial charge in [0.25, 0.3) is 0 Å². The first-order chi connectivity index (χ1) is 61.2. The molecule has 0 aliphatic carbocycles. The monoisotopic (exact) mass is 1800 g/mol. The van der Waals surface area contributed by atoms with Gasteiger partial charge in [-0.15, -0.1) is 45.3 Å². The van der Waals surface area contributed by atoms with Gasteiger partial charge in [0.15, 0.2) is 23.0 Å². The van der Waals surface area contributed by atoms with Crippen LogP contribution in [0, 0.1) is 89.0 Å². The number of nitrogens with two attached hydrogens (primary N) is 1. The molecule has 0 radical (unpaired) electrons. The van der Waals surface area contributed by atoms with E-state index in [2.05, 4.69) is 36.2 Å². The molecule has 0 fully saturated rings. The van der Waals surface area contributed by atoms with E-state index >= 15 is 0 Å². The maximum Gasteiger partial charge on any atom is 0.207 e. The number of aromatic hydroxyl groups is 4. The summed E-state index contributed by atoms with van der Waals surface area (Å²) >= 11 is 5.40. The zero-order valence-corrected chi connectivity index (χ0v) is 78.8. The quantitative estimate of drug-likeness (QED) is 0.0277. The topological polar surface area (TPSA) is 227 Å². The summed E-state index contributed by atoms with van der Waals surface area (Å²) in [5.74, 6) is 6.01. The third kappa shape index (κ3) is 22.6. The van der Waals surface area contributed by atoms with Crippen LogP contribution in [0.4, 0.5) is 0 Å². The number of fused-ring (bicyclic) bond motifs is 4. The molecule has 0 saturated heterocycles. The molecule has 0 aliphatic heterocycles. The first-order valence-electron chi connectivity index (χ1n) is 42.8. The van der Waals surface area contributed by atoms with E-state index in [1.54, 1.807) is 60.7 Å². The van der Waals surface area contributed by atoms with Crippen LogP contribution in [0.25, 0.3) is 40.3 Å². The van der Waals surface area contributed by atoms with Gasteiger partial charge in [0.05, 0.1) is 0 Å². The lowest BCUT2D eigenvalue weighted by atomic mass is 9.95. The van der Waals surface area contributed by atoms with E-state index in [1.165, 1.54) is 75.7 Å². The second-order valence-electron chi connectivity index (χ2n) is 33.5. The van der Waals surface area contributed by atoms with Gasteiger partial charge >= 0.3 is 0 Å². The zero-order valence-electron chi connectivity index (χ0n) is 75.5. The Kier molecular flexibility index (Phi) is 31.2. The SMILES string of the molecule is C.CCC(C)CCCc1ccc(Oc2c(C(=O)c3c(C)cc(C)cc3C)sc3cc(O)ccc23)cc1.CNCc1ccc(Oc2c(C(=O)c3c(C)cc(C)cc3C)sc3cc(O)ccc23)cc1.Cc1cc(C)c(C(=O)c2sc3cc(O)ccc3c2Oc2ccc(CN(C)C)cc2)c(C)c1.Cc1cc(C)c(C(=O)c2sc3cc(O)ccc3c2Oc2ccc(CN)cc2)c(C)c1. The van der Waals surface area contributed by atoms with Crippen LogP contribution < -0.4 is 30.0 Å². The highest BCUT2D eigenvalue weighted by atomic mass is 32.1. The van der Waals surface area contributed by atoms with Crippen molar-refractivity contribution in [3.8, 4) is 69.0 Å². The first kappa shape index (κ1) is 95.5. The normalized spacial score (nSPS) is 11.3. The molecule has 4 aromatic heterocycles. The van der Waals surface area contributed by atoms with Crippen molar-refractivity contribution in [2.45, 2.75) is 150 Å². The third-order valence-corrected chi connectivity index (χ3v) is 27.0. The highest BCUT2D eigenvalue weighted by Gasteiger charge is 2.31. The number of hydrogen-bond donors (Lipinski definition) is 6. The summed E-state index contributed by atoms with van der Waals surface area (Å²) in [4.78, 5) is 59.0. The van der Waals surface area contributed by atoms with E-state index in [9.17, 15) is 39.6 Å². The minimum Gasteiger partial charge on any atom is -0.508 e. The van der Waals surface area contributed by atoms with Gasteiger partial charge in [-0.3, -0.25) is 19.2 Å². The van der Waals surface area contributed by atoms with Crippen LogP contribution in [0.15, 0.2) is 218 Å². The smallest absolute Gasteiger partial charge is 0.207 e. The maximum absolute atomic E-state index is 13.8. The van der Waals surface area contributed by atoms with Crippen molar-refractivity contribution < 1.29 is 58.6 Å². The largest absolute Gasteiger partial charge is 0.508 e. The summed E-state index contributed by atoms with van der Waals surface area (Å²) in [7, 11) is 5.97. The van der Waals surface area contributed by atoms with Crippen LogP contribution in [-0.4, -0.2) is 69.6 Å². The van der Waals surface area contributed by atoms with Crippen molar-refractivity contribution in [2.24, 2.45) is 11.7 Å². The Morgan fingerprint density at radius 2 is 0.612 bits per heavy atom. The zero-order chi connectivity index (χ0) is 91.6. The number of hydrogen-bond acceptors (Lipinski definition) is 19. The molecular weight excluding hydrogens is 1680 g/mol. The van der Waals surface area contributed by atoms with Crippen molar-refractivity contribution in [1.29, 1.82) is 0 Å². The molecule has 0 amide bonds. The van der Waals surface area contributed by atoms with E-state index in [4.69, 9.17) is 24.7 Å². The van der Waals surface area contributed by atoms with Crippen molar-refractivity contribution in [2.75, 3.05) is 21.1 Å². The summed E-state index contributed by atoms with van der Waals surface area (Å²) in [5, 5.41) is 46.3. The Morgan fingerprint density at radius 3 is 0.853 bits per heavy atom. The molecule has 0 saturated carbocycles. The Bertz CT molecular complexity index is 6720. The molecule has 16 rings (SSSR count). The molecule has 1 atom stereocenters. The van der Waals surface area contributed by atoms with Gasteiger partial charge in [0.1, 0.15) is 65.5 Å². The van der Waals surface area contributed by atoms with Crippen molar-refractivity contribution in [3.05, 3.63) is 349 Å². The van der Waals surface area contributed by atoms with Crippen LogP contribution >= 0.6 is 45.3 Å². The van der Waals surface area contributed by atoms with E-state index < -0.39 is 0 Å². The molecule has 4 heterocycles. The van der Waals surface area contributed by atoms with E-state index in [-0.39, 0.29) is 53.6 Å². The van der Waals surface area contributed by atoms with Crippen LogP contribution in [0.1, 0.15) is 190 Å². The molecule has 664 valence electrons. The predicted octanol–water partition coefficient (Wildman–Crippen LogP) is 28.5. The van der Waals surface area contributed by atoms with Crippen molar-refractivity contribution in [1.82, 2.24) is 10.2 Å². The molecule has 0 spiro atoms. The molecular formula is C110H113N3O12S4. The number of thiophene rings is 4.